The number of rotatable bonds is 4. The fraction of sp³-hybridized carbons (Fsp3) is 0.263. The standard InChI is InChI=1S/C19H19N3O/c1-2-6-19-14(4-1)8-15(11-22-19)16-9-18(12-20-10-16)23-13-17-5-3-7-21-17/h1-2,4,6,8-12,17,21H,3,5,7,13H2. The van der Waals surface area contributed by atoms with Gasteiger partial charge in [0.25, 0.3) is 0 Å². The van der Waals surface area contributed by atoms with Crippen LogP contribution in [0.4, 0.5) is 0 Å². The Morgan fingerprint density at radius 2 is 2.00 bits per heavy atom. The highest BCUT2D eigenvalue weighted by Gasteiger charge is 2.14. The fourth-order valence-electron chi connectivity index (χ4n) is 2.98. The third-order valence-electron chi connectivity index (χ3n) is 4.25. The zero-order valence-electron chi connectivity index (χ0n) is 12.9. The van der Waals surface area contributed by atoms with Crippen LogP contribution in [0.1, 0.15) is 12.8 Å². The first-order valence-corrected chi connectivity index (χ1v) is 8.05. The summed E-state index contributed by atoms with van der Waals surface area (Å²) in [4.78, 5) is 8.83. The fourth-order valence-corrected chi connectivity index (χ4v) is 2.98. The van der Waals surface area contributed by atoms with Crippen LogP contribution >= 0.6 is 0 Å². The molecule has 0 amide bonds. The summed E-state index contributed by atoms with van der Waals surface area (Å²) >= 11 is 0. The third kappa shape index (κ3) is 3.17. The van der Waals surface area contributed by atoms with E-state index in [0.717, 1.165) is 34.3 Å². The molecule has 0 spiro atoms. The molecule has 0 radical (unpaired) electrons. The van der Waals surface area contributed by atoms with Crippen LogP contribution in [0.25, 0.3) is 22.0 Å². The molecule has 0 saturated carbocycles. The molecule has 1 aromatic carbocycles. The lowest BCUT2D eigenvalue weighted by molar-refractivity contribution is 0.276. The molecule has 23 heavy (non-hydrogen) atoms. The molecule has 4 nitrogen and oxygen atoms in total. The van der Waals surface area contributed by atoms with Gasteiger partial charge in [-0.2, -0.15) is 0 Å². The number of ether oxygens (including phenoxy) is 1. The Morgan fingerprint density at radius 1 is 1.09 bits per heavy atom. The zero-order chi connectivity index (χ0) is 15.5. The number of nitrogens with zero attached hydrogens (tertiary/aromatic N) is 2. The lowest BCUT2D eigenvalue weighted by Gasteiger charge is -2.12. The van der Waals surface area contributed by atoms with Crippen LogP contribution in [0.15, 0.2) is 55.0 Å². The molecule has 4 rings (SSSR count). The SMILES string of the molecule is c1ccc2ncc(-c3cncc(OCC4CCCN4)c3)cc2c1. The van der Waals surface area contributed by atoms with Crippen molar-refractivity contribution >= 4 is 10.9 Å². The lowest BCUT2D eigenvalue weighted by atomic mass is 10.1. The summed E-state index contributed by atoms with van der Waals surface area (Å²) in [5, 5.41) is 4.57. The van der Waals surface area contributed by atoms with E-state index in [-0.39, 0.29) is 0 Å². The monoisotopic (exact) mass is 305 g/mol. The number of hydrogen-bond donors (Lipinski definition) is 1. The van der Waals surface area contributed by atoms with E-state index in [9.17, 15) is 0 Å². The van der Waals surface area contributed by atoms with Crippen LogP contribution in [-0.2, 0) is 0 Å². The second-order valence-corrected chi connectivity index (χ2v) is 5.93. The van der Waals surface area contributed by atoms with Crippen molar-refractivity contribution in [1.82, 2.24) is 15.3 Å². The predicted molar refractivity (Wildman–Crippen MR) is 91.5 cm³/mol. The second kappa shape index (κ2) is 6.34. The molecule has 1 fully saturated rings. The van der Waals surface area contributed by atoms with Crippen LogP contribution in [0.3, 0.4) is 0 Å². The molecule has 1 unspecified atom stereocenters. The van der Waals surface area contributed by atoms with Gasteiger partial charge in [0.15, 0.2) is 0 Å². The molecule has 3 heterocycles. The second-order valence-electron chi connectivity index (χ2n) is 5.93. The van der Waals surface area contributed by atoms with Crippen LogP contribution in [0.5, 0.6) is 5.75 Å². The van der Waals surface area contributed by atoms with Gasteiger partial charge in [-0.3, -0.25) is 9.97 Å². The first-order valence-electron chi connectivity index (χ1n) is 8.05. The lowest BCUT2D eigenvalue weighted by Crippen LogP contribution is -2.28. The molecule has 1 aliphatic heterocycles. The van der Waals surface area contributed by atoms with Gasteiger partial charge in [-0.1, -0.05) is 18.2 Å². The summed E-state index contributed by atoms with van der Waals surface area (Å²) in [6, 6.07) is 12.8. The first-order chi connectivity index (χ1) is 11.4. The van der Waals surface area contributed by atoms with Gasteiger partial charge in [0.1, 0.15) is 12.4 Å². The Morgan fingerprint density at radius 3 is 2.91 bits per heavy atom. The number of pyridine rings is 2. The van der Waals surface area contributed by atoms with E-state index < -0.39 is 0 Å². The highest BCUT2D eigenvalue weighted by molar-refractivity contribution is 5.83. The Labute approximate surface area is 135 Å². The zero-order valence-corrected chi connectivity index (χ0v) is 12.9. The van der Waals surface area contributed by atoms with Gasteiger partial charge in [-0.15, -0.1) is 0 Å². The summed E-state index contributed by atoms with van der Waals surface area (Å²) in [6.07, 6.45) is 7.93. The number of nitrogens with one attached hydrogen (secondary N) is 1. The van der Waals surface area contributed by atoms with Crippen LogP contribution in [-0.4, -0.2) is 29.2 Å². The van der Waals surface area contributed by atoms with Crippen molar-refractivity contribution in [3.05, 3.63) is 55.0 Å². The quantitative estimate of drug-likeness (QED) is 0.802. The maximum Gasteiger partial charge on any atom is 0.138 e. The number of para-hydroxylation sites is 1. The average Bonchev–Trinajstić information content (AvgIpc) is 3.13. The van der Waals surface area contributed by atoms with Crippen molar-refractivity contribution < 1.29 is 4.74 Å². The molecule has 1 N–H and O–H groups in total. The van der Waals surface area contributed by atoms with E-state index in [1.807, 2.05) is 36.7 Å². The van der Waals surface area contributed by atoms with E-state index >= 15 is 0 Å². The number of aromatic nitrogens is 2. The van der Waals surface area contributed by atoms with E-state index in [0.29, 0.717) is 12.6 Å². The van der Waals surface area contributed by atoms with Crippen molar-refractivity contribution in [2.24, 2.45) is 0 Å². The molecule has 1 atom stereocenters. The van der Waals surface area contributed by atoms with E-state index in [4.69, 9.17) is 4.74 Å². The Bertz CT molecular complexity index is 812. The summed E-state index contributed by atoms with van der Waals surface area (Å²) in [5.41, 5.74) is 3.09. The van der Waals surface area contributed by atoms with Gasteiger partial charge >= 0.3 is 0 Å². The van der Waals surface area contributed by atoms with Gasteiger partial charge < -0.3 is 10.1 Å². The van der Waals surface area contributed by atoms with Gasteiger partial charge in [-0.25, -0.2) is 0 Å². The molecule has 3 aromatic rings. The minimum absolute atomic E-state index is 0.459. The van der Waals surface area contributed by atoms with Gasteiger partial charge in [0.05, 0.1) is 11.7 Å². The normalized spacial score (nSPS) is 17.5. The Kier molecular flexibility index (Phi) is 3.90. The molecule has 4 heteroatoms. The minimum atomic E-state index is 0.459. The number of fused-ring (bicyclic) bond motifs is 1. The maximum atomic E-state index is 5.89. The molecular weight excluding hydrogens is 286 g/mol. The molecule has 0 aliphatic carbocycles. The summed E-state index contributed by atoms with van der Waals surface area (Å²) in [6.45, 7) is 1.79. The molecular formula is C19H19N3O. The number of hydrogen-bond acceptors (Lipinski definition) is 4. The Hall–Kier alpha value is -2.46. The largest absolute Gasteiger partial charge is 0.490 e. The highest BCUT2D eigenvalue weighted by Crippen LogP contribution is 2.25. The predicted octanol–water partition coefficient (Wildman–Crippen LogP) is 3.43. The van der Waals surface area contributed by atoms with Gasteiger partial charge in [0.2, 0.25) is 0 Å². The average molecular weight is 305 g/mol. The van der Waals surface area contributed by atoms with Crippen molar-refractivity contribution in [3.8, 4) is 16.9 Å². The number of benzene rings is 1. The molecule has 1 saturated heterocycles. The minimum Gasteiger partial charge on any atom is -0.490 e. The maximum absolute atomic E-state index is 5.89. The van der Waals surface area contributed by atoms with E-state index in [1.54, 1.807) is 6.20 Å². The van der Waals surface area contributed by atoms with E-state index in [1.165, 1.54) is 12.8 Å². The summed E-state index contributed by atoms with van der Waals surface area (Å²) < 4.78 is 5.89. The summed E-state index contributed by atoms with van der Waals surface area (Å²) in [5.74, 6) is 0.810. The molecule has 2 aromatic heterocycles. The van der Waals surface area contributed by atoms with Crippen molar-refractivity contribution in [2.45, 2.75) is 18.9 Å². The van der Waals surface area contributed by atoms with Gasteiger partial charge in [0, 0.05) is 34.9 Å². The van der Waals surface area contributed by atoms with Crippen molar-refractivity contribution in [2.75, 3.05) is 13.2 Å². The Balaban J connectivity index is 1.56. The molecule has 1 aliphatic rings. The molecule has 0 bridgehead atoms. The first kappa shape index (κ1) is 14.2. The van der Waals surface area contributed by atoms with Crippen LogP contribution in [0, 0.1) is 0 Å². The van der Waals surface area contributed by atoms with E-state index in [2.05, 4.69) is 27.4 Å². The highest BCUT2D eigenvalue weighted by atomic mass is 16.5. The van der Waals surface area contributed by atoms with Crippen LogP contribution in [0.2, 0.25) is 0 Å². The van der Waals surface area contributed by atoms with Gasteiger partial charge in [-0.05, 0) is 37.6 Å². The topological polar surface area (TPSA) is 47.0 Å². The summed E-state index contributed by atoms with van der Waals surface area (Å²) in [7, 11) is 0. The van der Waals surface area contributed by atoms with Crippen molar-refractivity contribution in [1.29, 1.82) is 0 Å². The third-order valence-corrected chi connectivity index (χ3v) is 4.25. The van der Waals surface area contributed by atoms with Crippen LogP contribution < -0.4 is 10.1 Å². The van der Waals surface area contributed by atoms with Crippen molar-refractivity contribution in [3.63, 3.8) is 0 Å². The molecule has 116 valence electrons. The smallest absolute Gasteiger partial charge is 0.138 e.